The molecule has 0 aliphatic heterocycles. The summed E-state index contributed by atoms with van der Waals surface area (Å²) in [5, 5.41) is 0. The van der Waals surface area contributed by atoms with Gasteiger partial charge in [0.1, 0.15) is 0 Å². The van der Waals surface area contributed by atoms with Gasteiger partial charge in [-0.25, -0.2) is 0 Å². The van der Waals surface area contributed by atoms with Gasteiger partial charge in [-0.1, -0.05) is 179 Å². The zero-order valence-corrected chi connectivity index (χ0v) is 38.3. The Morgan fingerprint density at radius 2 is 0.732 bits per heavy atom. The molecule has 0 rings (SSSR count). The van der Waals surface area contributed by atoms with E-state index < -0.39 is 0 Å². The lowest BCUT2D eigenvalue weighted by atomic mass is 9.90. The van der Waals surface area contributed by atoms with Crippen molar-refractivity contribution in [2.45, 2.75) is 251 Å². The van der Waals surface area contributed by atoms with E-state index in [2.05, 4.69) is 57.1 Å². The molecular weight excluding hydrogens is 691 g/mol. The summed E-state index contributed by atoms with van der Waals surface area (Å²) in [5.74, 6) is 0.812. The molecule has 0 aromatic rings. The maximum absolute atomic E-state index is 12.2. The van der Waals surface area contributed by atoms with E-state index >= 15 is 0 Å². The predicted octanol–water partition coefficient (Wildman–Crippen LogP) is 15.8. The topological polar surface area (TPSA) is 55.8 Å². The highest BCUT2D eigenvalue weighted by atomic mass is 16.5. The highest BCUT2D eigenvalue weighted by molar-refractivity contribution is 5.69. The Morgan fingerprint density at radius 1 is 0.411 bits per heavy atom. The normalized spacial score (nSPS) is 11.9. The Hall–Kier alpha value is -1.62. The second-order valence-corrected chi connectivity index (χ2v) is 17.3. The maximum atomic E-state index is 12.2. The number of rotatable bonds is 45. The highest BCUT2D eigenvalue weighted by Crippen LogP contribution is 2.24. The third kappa shape index (κ3) is 45.1. The monoisotopic (exact) mass is 788 g/mol. The molecule has 0 N–H and O–H groups in total. The minimum absolute atomic E-state index is 0.00434. The summed E-state index contributed by atoms with van der Waals surface area (Å²) in [4.78, 5) is 26.6. The van der Waals surface area contributed by atoms with E-state index in [1.807, 2.05) is 0 Å². The highest BCUT2D eigenvalue weighted by Gasteiger charge is 2.10. The third-order valence-electron chi connectivity index (χ3n) is 11.3. The molecule has 0 heterocycles. The van der Waals surface area contributed by atoms with Crippen molar-refractivity contribution in [1.29, 1.82) is 0 Å². The zero-order chi connectivity index (χ0) is 40.8. The fraction of sp³-hybridized carbons (Fsp3) is 0.882. The summed E-state index contributed by atoms with van der Waals surface area (Å²) in [6.45, 7) is 6.88. The van der Waals surface area contributed by atoms with Crippen LogP contribution in [0.1, 0.15) is 251 Å². The number of unbranched alkanes of at least 4 members (excludes halogenated alkanes) is 25. The van der Waals surface area contributed by atoms with Crippen molar-refractivity contribution >= 4 is 11.9 Å². The van der Waals surface area contributed by atoms with Crippen molar-refractivity contribution in [3.63, 3.8) is 0 Å². The number of hydrogen-bond acceptors (Lipinski definition) is 5. The van der Waals surface area contributed by atoms with Crippen molar-refractivity contribution in [2.24, 2.45) is 5.92 Å². The third-order valence-corrected chi connectivity index (χ3v) is 11.3. The molecule has 0 bridgehead atoms. The van der Waals surface area contributed by atoms with Gasteiger partial charge in [-0.05, 0) is 110 Å². The Labute approximate surface area is 350 Å². The molecule has 0 aliphatic carbocycles. The summed E-state index contributed by atoms with van der Waals surface area (Å²) in [7, 11) is 4.34. The number of carbonyl (C=O) groups excluding carboxylic acids is 2. The Balaban J connectivity index is 3.83. The molecule has 5 heteroatoms. The van der Waals surface area contributed by atoms with Crippen LogP contribution in [0.5, 0.6) is 0 Å². The minimum Gasteiger partial charge on any atom is -0.466 e. The molecular formula is C51H97NO4. The van der Waals surface area contributed by atoms with Crippen molar-refractivity contribution in [3.05, 3.63) is 24.3 Å². The van der Waals surface area contributed by atoms with E-state index in [9.17, 15) is 9.59 Å². The molecule has 0 spiro atoms. The second kappa shape index (κ2) is 46.1. The average Bonchev–Trinajstić information content (AvgIpc) is 3.18. The molecule has 0 unspecified atom stereocenters. The molecule has 0 aliphatic rings. The van der Waals surface area contributed by atoms with E-state index in [-0.39, 0.29) is 11.9 Å². The van der Waals surface area contributed by atoms with Gasteiger partial charge in [0.2, 0.25) is 0 Å². The molecule has 0 amide bonds. The molecule has 5 nitrogen and oxygen atoms in total. The standard InChI is InChI=1S/C51H97NO4/c1-5-7-9-11-13-15-17-19-21-23-25-27-35-44-50(53)55-47-39-31-29-33-41-49(43-37-38-46-52(3)4)42-34-30-32-40-48-56-51(54)45-36-28-26-24-22-20-18-16-14-12-10-8-6-2/h15-18,49H,5-14,19-48H2,1-4H3/b17-15-,18-16-. The van der Waals surface area contributed by atoms with Crippen LogP contribution in [0.3, 0.4) is 0 Å². The van der Waals surface area contributed by atoms with Gasteiger partial charge in [0, 0.05) is 12.8 Å². The van der Waals surface area contributed by atoms with Gasteiger partial charge in [0.15, 0.2) is 0 Å². The quantitative estimate of drug-likeness (QED) is 0.0349. The second-order valence-electron chi connectivity index (χ2n) is 17.3. The van der Waals surface area contributed by atoms with Gasteiger partial charge >= 0.3 is 11.9 Å². The van der Waals surface area contributed by atoms with E-state index in [4.69, 9.17) is 9.47 Å². The SMILES string of the molecule is CCCCCC/C=C\CCCCCCCC(=O)OCCCCCCC(CCCCCCOC(=O)CCCCCCC/C=C\CCCCCC)CCCCN(C)C. The Bertz CT molecular complexity index is 806. The van der Waals surface area contributed by atoms with E-state index in [0.717, 1.165) is 57.3 Å². The van der Waals surface area contributed by atoms with Gasteiger partial charge in [0.25, 0.3) is 0 Å². The van der Waals surface area contributed by atoms with Crippen LogP contribution in [0.15, 0.2) is 24.3 Å². The molecule has 56 heavy (non-hydrogen) atoms. The van der Waals surface area contributed by atoms with Crippen molar-refractivity contribution in [2.75, 3.05) is 33.9 Å². The summed E-state index contributed by atoms with van der Waals surface area (Å²) >= 11 is 0. The van der Waals surface area contributed by atoms with Crippen LogP contribution in [-0.2, 0) is 19.1 Å². The van der Waals surface area contributed by atoms with Crippen LogP contribution in [0.2, 0.25) is 0 Å². The van der Waals surface area contributed by atoms with E-state index in [0.29, 0.717) is 26.1 Å². The summed E-state index contributed by atoms with van der Waals surface area (Å²) in [6.07, 6.45) is 53.9. The molecule has 0 saturated carbocycles. The van der Waals surface area contributed by atoms with Crippen LogP contribution in [-0.4, -0.2) is 50.7 Å². The van der Waals surface area contributed by atoms with Crippen molar-refractivity contribution in [3.8, 4) is 0 Å². The summed E-state index contributed by atoms with van der Waals surface area (Å²) in [5.41, 5.74) is 0. The molecule has 0 radical (unpaired) electrons. The van der Waals surface area contributed by atoms with Crippen molar-refractivity contribution in [1.82, 2.24) is 4.90 Å². The number of esters is 2. The number of allylic oxidation sites excluding steroid dienone is 4. The van der Waals surface area contributed by atoms with Crippen LogP contribution < -0.4 is 0 Å². The molecule has 0 saturated heterocycles. The van der Waals surface area contributed by atoms with Gasteiger partial charge in [-0.2, -0.15) is 0 Å². The first kappa shape index (κ1) is 54.4. The van der Waals surface area contributed by atoms with Gasteiger partial charge in [-0.3, -0.25) is 9.59 Å². The fourth-order valence-electron chi connectivity index (χ4n) is 7.56. The van der Waals surface area contributed by atoms with Crippen LogP contribution in [0.25, 0.3) is 0 Å². The molecule has 0 fully saturated rings. The molecule has 0 atom stereocenters. The van der Waals surface area contributed by atoms with Gasteiger partial charge in [0.05, 0.1) is 13.2 Å². The van der Waals surface area contributed by atoms with E-state index in [1.54, 1.807) is 0 Å². The van der Waals surface area contributed by atoms with Crippen LogP contribution in [0, 0.1) is 5.92 Å². The van der Waals surface area contributed by atoms with Gasteiger partial charge in [-0.15, -0.1) is 0 Å². The molecule has 330 valence electrons. The van der Waals surface area contributed by atoms with Crippen molar-refractivity contribution < 1.29 is 19.1 Å². The van der Waals surface area contributed by atoms with E-state index in [1.165, 1.54) is 180 Å². The molecule has 0 aromatic heterocycles. The Morgan fingerprint density at radius 3 is 1.12 bits per heavy atom. The maximum Gasteiger partial charge on any atom is 0.305 e. The number of carbonyl (C=O) groups is 2. The summed E-state index contributed by atoms with van der Waals surface area (Å²) in [6, 6.07) is 0. The lowest BCUT2D eigenvalue weighted by Gasteiger charge is -2.18. The number of ether oxygens (including phenoxy) is 2. The van der Waals surface area contributed by atoms with Crippen LogP contribution in [0.4, 0.5) is 0 Å². The predicted molar refractivity (Wildman–Crippen MR) is 244 cm³/mol. The fourth-order valence-corrected chi connectivity index (χ4v) is 7.56. The zero-order valence-electron chi connectivity index (χ0n) is 38.3. The average molecular weight is 788 g/mol. The first-order valence-corrected chi connectivity index (χ1v) is 24.8. The largest absolute Gasteiger partial charge is 0.466 e. The minimum atomic E-state index is -0.00434. The number of nitrogens with zero attached hydrogens (tertiary/aromatic N) is 1. The summed E-state index contributed by atoms with van der Waals surface area (Å²) < 4.78 is 11.1. The molecule has 0 aromatic carbocycles. The lowest BCUT2D eigenvalue weighted by molar-refractivity contribution is -0.144. The first-order chi connectivity index (χ1) is 27.5. The Kier molecular flexibility index (Phi) is 44.7. The number of hydrogen-bond donors (Lipinski definition) is 0. The first-order valence-electron chi connectivity index (χ1n) is 24.8. The van der Waals surface area contributed by atoms with Gasteiger partial charge < -0.3 is 14.4 Å². The lowest BCUT2D eigenvalue weighted by Crippen LogP contribution is -2.13. The smallest absolute Gasteiger partial charge is 0.305 e. The van der Waals surface area contributed by atoms with Crippen LogP contribution >= 0.6 is 0 Å².